The van der Waals surface area contributed by atoms with E-state index in [-0.39, 0.29) is 5.75 Å². The maximum atomic E-state index is 13.0. The molecule has 1 aromatic carbocycles. The molecule has 0 aromatic heterocycles. The van der Waals surface area contributed by atoms with Crippen molar-refractivity contribution in [2.75, 3.05) is 23.7 Å². The van der Waals surface area contributed by atoms with Gasteiger partial charge in [-0.2, -0.15) is 0 Å². The van der Waals surface area contributed by atoms with Crippen LogP contribution in [0.2, 0.25) is 0 Å². The van der Waals surface area contributed by atoms with Crippen LogP contribution in [0.3, 0.4) is 0 Å². The van der Waals surface area contributed by atoms with Crippen molar-refractivity contribution in [2.45, 2.75) is 11.6 Å². The Morgan fingerprint density at radius 1 is 1.45 bits per heavy atom. The molecule has 1 aliphatic rings. The minimum Gasteiger partial charge on any atom is -0.375 e. The molecule has 7 heteroatoms. The largest absolute Gasteiger partial charge is 0.375 e. The monoisotopic (exact) mass is 300 g/mol. The SMILES string of the molecule is C=CCS(=O)(=O)C1C(O)NCCN1c1ccc(F)cc1. The first-order chi connectivity index (χ1) is 9.45. The van der Waals surface area contributed by atoms with E-state index < -0.39 is 27.3 Å². The van der Waals surface area contributed by atoms with E-state index in [1.807, 2.05) is 0 Å². The molecular formula is C13H17FN2O3S. The van der Waals surface area contributed by atoms with E-state index >= 15 is 0 Å². The normalized spacial score (nSPS) is 23.6. The molecule has 0 saturated carbocycles. The lowest BCUT2D eigenvalue weighted by molar-refractivity contribution is 0.117. The number of nitrogens with zero attached hydrogens (tertiary/aromatic N) is 1. The molecule has 1 heterocycles. The minimum absolute atomic E-state index is 0.228. The van der Waals surface area contributed by atoms with Gasteiger partial charge in [-0.25, -0.2) is 12.8 Å². The minimum atomic E-state index is -3.59. The second-order valence-corrected chi connectivity index (χ2v) is 6.72. The van der Waals surface area contributed by atoms with Crippen LogP contribution in [0.1, 0.15) is 0 Å². The van der Waals surface area contributed by atoms with Gasteiger partial charge >= 0.3 is 0 Å². The van der Waals surface area contributed by atoms with E-state index in [1.165, 1.54) is 30.3 Å². The number of aliphatic hydroxyl groups excluding tert-OH is 1. The molecule has 0 bridgehead atoms. The standard InChI is InChI=1S/C13H17FN2O3S/c1-2-9-20(18,19)13-12(17)15-7-8-16(13)11-5-3-10(14)4-6-11/h2-6,12-13,15,17H,1,7-9H2. The van der Waals surface area contributed by atoms with Crippen molar-refractivity contribution in [3.8, 4) is 0 Å². The molecule has 0 radical (unpaired) electrons. The second-order valence-electron chi connectivity index (χ2n) is 4.58. The van der Waals surface area contributed by atoms with Crippen LogP contribution >= 0.6 is 0 Å². The van der Waals surface area contributed by atoms with Gasteiger partial charge in [0, 0.05) is 18.8 Å². The zero-order valence-corrected chi connectivity index (χ0v) is 11.7. The predicted molar refractivity (Wildman–Crippen MR) is 75.5 cm³/mol. The number of hydrogen-bond donors (Lipinski definition) is 2. The average molecular weight is 300 g/mol. The maximum absolute atomic E-state index is 13.0. The van der Waals surface area contributed by atoms with Gasteiger partial charge in [-0.05, 0) is 24.3 Å². The van der Waals surface area contributed by atoms with Gasteiger partial charge in [0.25, 0.3) is 0 Å². The fraction of sp³-hybridized carbons (Fsp3) is 0.385. The summed E-state index contributed by atoms with van der Waals surface area (Å²) in [6.07, 6.45) is 0.0956. The average Bonchev–Trinajstić information content (AvgIpc) is 2.39. The Morgan fingerprint density at radius 2 is 2.10 bits per heavy atom. The Labute approximate surface area is 117 Å². The van der Waals surface area contributed by atoms with Crippen LogP contribution in [0.25, 0.3) is 0 Å². The van der Waals surface area contributed by atoms with E-state index in [4.69, 9.17) is 0 Å². The lowest BCUT2D eigenvalue weighted by Crippen LogP contribution is -2.61. The molecule has 1 aliphatic heterocycles. The van der Waals surface area contributed by atoms with Gasteiger partial charge in [0.15, 0.2) is 15.2 Å². The van der Waals surface area contributed by atoms with Crippen molar-refractivity contribution in [2.24, 2.45) is 0 Å². The summed E-state index contributed by atoms with van der Waals surface area (Å²) in [5.74, 6) is -0.622. The van der Waals surface area contributed by atoms with E-state index in [9.17, 15) is 17.9 Å². The number of halogens is 1. The van der Waals surface area contributed by atoms with Gasteiger partial charge in [0.1, 0.15) is 12.0 Å². The summed E-state index contributed by atoms with van der Waals surface area (Å²) in [5.41, 5.74) is 0.560. The molecule has 110 valence electrons. The third-order valence-corrected chi connectivity index (χ3v) is 5.11. The van der Waals surface area contributed by atoms with Gasteiger partial charge in [-0.1, -0.05) is 6.08 Å². The van der Waals surface area contributed by atoms with Crippen molar-refractivity contribution in [3.63, 3.8) is 0 Å². The topological polar surface area (TPSA) is 69.6 Å². The molecule has 0 spiro atoms. The van der Waals surface area contributed by atoms with Crippen LogP contribution in [0.15, 0.2) is 36.9 Å². The molecule has 1 fully saturated rings. The van der Waals surface area contributed by atoms with Crippen molar-refractivity contribution in [1.29, 1.82) is 0 Å². The third-order valence-electron chi connectivity index (χ3n) is 3.16. The smallest absolute Gasteiger partial charge is 0.178 e. The fourth-order valence-corrected chi connectivity index (χ4v) is 3.92. The Kier molecular flexibility index (Phi) is 4.42. The molecule has 0 amide bonds. The van der Waals surface area contributed by atoms with Crippen LogP contribution in [0.4, 0.5) is 10.1 Å². The molecule has 2 N–H and O–H groups in total. The molecule has 5 nitrogen and oxygen atoms in total. The molecule has 2 unspecified atom stereocenters. The highest BCUT2D eigenvalue weighted by Crippen LogP contribution is 2.24. The summed E-state index contributed by atoms with van der Waals surface area (Å²) in [4.78, 5) is 1.57. The van der Waals surface area contributed by atoms with Crippen LogP contribution in [-0.4, -0.2) is 44.0 Å². The van der Waals surface area contributed by atoms with E-state index in [1.54, 1.807) is 4.90 Å². The van der Waals surface area contributed by atoms with Gasteiger partial charge < -0.3 is 10.0 Å². The van der Waals surface area contributed by atoms with Crippen molar-refractivity contribution in [3.05, 3.63) is 42.7 Å². The highest BCUT2D eigenvalue weighted by atomic mass is 32.2. The zero-order chi connectivity index (χ0) is 14.8. The maximum Gasteiger partial charge on any atom is 0.178 e. The number of anilines is 1. The first kappa shape index (κ1) is 15.0. The lowest BCUT2D eigenvalue weighted by atomic mass is 10.2. The number of aliphatic hydroxyl groups is 1. The van der Waals surface area contributed by atoms with E-state index in [0.717, 1.165) is 0 Å². The van der Waals surface area contributed by atoms with Crippen LogP contribution in [0, 0.1) is 5.82 Å². The van der Waals surface area contributed by atoms with Crippen LogP contribution in [-0.2, 0) is 9.84 Å². The number of hydrogen-bond acceptors (Lipinski definition) is 5. The molecule has 1 saturated heterocycles. The van der Waals surface area contributed by atoms with Crippen molar-refractivity contribution < 1.29 is 17.9 Å². The number of piperazine rings is 1. The second kappa shape index (κ2) is 5.90. The molecule has 0 aliphatic carbocycles. The summed E-state index contributed by atoms with van der Waals surface area (Å²) in [6.45, 7) is 4.28. The Balaban J connectivity index is 2.38. The third kappa shape index (κ3) is 3.00. The number of rotatable bonds is 4. The summed E-state index contributed by atoms with van der Waals surface area (Å²) in [6, 6.07) is 5.54. The fourth-order valence-electron chi connectivity index (χ4n) is 2.29. The number of nitrogens with one attached hydrogen (secondary N) is 1. The molecule has 2 atom stereocenters. The first-order valence-electron chi connectivity index (χ1n) is 6.22. The van der Waals surface area contributed by atoms with E-state index in [0.29, 0.717) is 18.8 Å². The van der Waals surface area contributed by atoms with Gasteiger partial charge in [-0.3, -0.25) is 5.32 Å². The summed E-state index contributed by atoms with van der Waals surface area (Å²) >= 11 is 0. The Bertz CT molecular complexity index is 574. The van der Waals surface area contributed by atoms with Gasteiger partial charge in [0.05, 0.1) is 5.75 Å². The summed E-state index contributed by atoms with van der Waals surface area (Å²) < 4.78 is 37.5. The summed E-state index contributed by atoms with van der Waals surface area (Å²) in [5, 5.41) is 11.6. The number of sulfone groups is 1. The lowest BCUT2D eigenvalue weighted by Gasteiger charge is -2.40. The Hall–Kier alpha value is -1.44. The van der Waals surface area contributed by atoms with Gasteiger partial charge in [0.2, 0.25) is 0 Å². The highest BCUT2D eigenvalue weighted by Gasteiger charge is 2.39. The molecular weight excluding hydrogens is 283 g/mol. The van der Waals surface area contributed by atoms with Crippen LogP contribution < -0.4 is 10.2 Å². The summed E-state index contributed by atoms with van der Waals surface area (Å²) in [7, 11) is -3.59. The highest BCUT2D eigenvalue weighted by molar-refractivity contribution is 7.92. The molecule has 2 rings (SSSR count). The zero-order valence-electron chi connectivity index (χ0n) is 10.9. The number of benzene rings is 1. The predicted octanol–water partition coefficient (Wildman–Crippen LogP) is 0.481. The van der Waals surface area contributed by atoms with Crippen molar-refractivity contribution in [1.82, 2.24) is 5.32 Å². The van der Waals surface area contributed by atoms with Crippen LogP contribution in [0.5, 0.6) is 0 Å². The quantitative estimate of drug-likeness (QED) is 0.792. The Morgan fingerprint density at radius 3 is 2.70 bits per heavy atom. The molecule has 1 aromatic rings. The van der Waals surface area contributed by atoms with Crippen molar-refractivity contribution >= 4 is 15.5 Å². The van der Waals surface area contributed by atoms with E-state index in [2.05, 4.69) is 11.9 Å². The first-order valence-corrected chi connectivity index (χ1v) is 7.93. The van der Waals surface area contributed by atoms with Gasteiger partial charge in [-0.15, -0.1) is 6.58 Å². The molecule has 20 heavy (non-hydrogen) atoms.